The molecule has 0 fully saturated rings. The molecule has 2 aromatic rings. The summed E-state index contributed by atoms with van der Waals surface area (Å²) in [5, 5.41) is 1.47. The highest BCUT2D eigenvalue weighted by molar-refractivity contribution is 9.10. The number of nitrogens with zero attached hydrogens (tertiary/aromatic N) is 1. The monoisotopic (exact) mass is 343 g/mol. The Morgan fingerprint density at radius 3 is 2.72 bits per heavy atom. The van der Waals surface area contributed by atoms with E-state index in [4.69, 9.17) is 11.6 Å². The number of halogens is 2. The molecule has 0 radical (unpaired) electrons. The lowest BCUT2D eigenvalue weighted by Crippen LogP contribution is -2.03. The van der Waals surface area contributed by atoms with Crippen LogP contribution >= 0.6 is 38.9 Å². The van der Waals surface area contributed by atoms with Gasteiger partial charge in [-0.25, -0.2) is 4.98 Å². The number of hydrogen-bond donors (Lipinski definition) is 0. The van der Waals surface area contributed by atoms with E-state index in [1.54, 1.807) is 29.5 Å². The SMILES string of the molecule is Cc1nc(CC(=O)c2ccc(Cl)c(Br)c2)sc1C. The molecule has 1 aromatic heterocycles. The van der Waals surface area contributed by atoms with Gasteiger partial charge in [-0.15, -0.1) is 11.3 Å². The van der Waals surface area contributed by atoms with Gasteiger partial charge in [0.1, 0.15) is 5.01 Å². The van der Waals surface area contributed by atoms with Crippen molar-refractivity contribution in [3.8, 4) is 0 Å². The van der Waals surface area contributed by atoms with Crippen LogP contribution in [0.3, 0.4) is 0 Å². The van der Waals surface area contributed by atoms with Crippen molar-refractivity contribution in [3.05, 3.63) is 48.8 Å². The molecule has 0 saturated heterocycles. The molecule has 2 rings (SSSR count). The number of ketones is 1. The van der Waals surface area contributed by atoms with E-state index < -0.39 is 0 Å². The minimum absolute atomic E-state index is 0.0566. The predicted molar refractivity (Wildman–Crippen MR) is 78.8 cm³/mol. The highest BCUT2D eigenvalue weighted by Gasteiger charge is 2.12. The summed E-state index contributed by atoms with van der Waals surface area (Å²) in [4.78, 5) is 17.6. The third-order valence-corrected chi connectivity index (χ3v) is 4.91. The highest BCUT2D eigenvalue weighted by Crippen LogP contribution is 2.24. The number of aryl methyl sites for hydroxylation is 2. The van der Waals surface area contributed by atoms with Crippen LogP contribution in [-0.2, 0) is 6.42 Å². The van der Waals surface area contributed by atoms with Crippen molar-refractivity contribution in [1.29, 1.82) is 0 Å². The van der Waals surface area contributed by atoms with Gasteiger partial charge in [-0.3, -0.25) is 4.79 Å². The van der Waals surface area contributed by atoms with Gasteiger partial charge in [0.25, 0.3) is 0 Å². The Balaban J connectivity index is 2.19. The summed E-state index contributed by atoms with van der Waals surface area (Å²) in [5.41, 5.74) is 1.65. The van der Waals surface area contributed by atoms with Gasteiger partial charge in [0.05, 0.1) is 17.1 Å². The van der Waals surface area contributed by atoms with Gasteiger partial charge >= 0.3 is 0 Å². The van der Waals surface area contributed by atoms with E-state index in [9.17, 15) is 4.79 Å². The molecule has 0 unspecified atom stereocenters. The molecule has 0 bridgehead atoms. The molecule has 94 valence electrons. The van der Waals surface area contributed by atoms with Gasteiger partial charge in [-0.1, -0.05) is 11.6 Å². The van der Waals surface area contributed by atoms with Crippen molar-refractivity contribution in [2.75, 3.05) is 0 Å². The lowest BCUT2D eigenvalue weighted by molar-refractivity contribution is 0.0993. The predicted octanol–water partition coefficient (Wildman–Crippen LogP) is 4.60. The molecule has 0 saturated carbocycles. The van der Waals surface area contributed by atoms with E-state index in [1.807, 2.05) is 13.8 Å². The summed E-state index contributed by atoms with van der Waals surface area (Å²) < 4.78 is 0.738. The average Bonchev–Trinajstić information content (AvgIpc) is 2.61. The Kier molecular flexibility index (Phi) is 4.20. The van der Waals surface area contributed by atoms with Gasteiger partial charge in [-0.2, -0.15) is 0 Å². The zero-order valence-electron chi connectivity index (χ0n) is 9.96. The number of carbonyl (C=O) groups is 1. The van der Waals surface area contributed by atoms with Crippen molar-refractivity contribution in [2.45, 2.75) is 20.3 Å². The van der Waals surface area contributed by atoms with Crippen LogP contribution in [0, 0.1) is 13.8 Å². The zero-order chi connectivity index (χ0) is 13.3. The first kappa shape index (κ1) is 13.7. The van der Waals surface area contributed by atoms with Crippen LogP contribution < -0.4 is 0 Å². The van der Waals surface area contributed by atoms with Crippen LogP contribution in [0.1, 0.15) is 25.9 Å². The van der Waals surface area contributed by atoms with E-state index in [1.165, 1.54) is 0 Å². The maximum atomic E-state index is 12.1. The zero-order valence-corrected chi connectivity index (χ0v) is 13.1. The number of hydrogen-bond acceptors (Lipinski definition) is 3. The molecule has 0 aliphatic heterocycles. The summed E-state index contributed by atoms with van der Waals surface area (Å²) >= 11 is 10.8. The largest absolute Gasteiger partial charge is 0.294 e. The number of benzene rings is 1. The van der Waals surface area contributed by atoms with E-state index in [-0.39, 0.29) is 5.78 Å². The lowest BCUT2D eigenvalue weighted by atomic mass is 10.1. The smallest absolute Gasteiger partial charge is 0.169 e. The first-order valence-electron chi connectivity index (χ1n) is 5.38. The molecule has 0 amide bonds. The molecule has 0 spiro atoms. The van der Waals surface area contributed by atoms with Crippen LogP contribution in [0.25, 0.3) is 0 Å². The number of rotatable bonds is 3. The Morgan fingerprint density at radius 2 is 2.17 bits per heavy atom. The van der Waals surface area contributed by atoms with Crippen LogP contribution in [0.2, 0.25) is 5.02 Å². The van der Waals surface area contributed by atoms with Crippen molar-refractivity contribution in [1.82, 2.24) is 4.98 Å². The summed E-state index contributed by atoms with van der Waals surface area (Å²) in [6.07, 6.45) is 0.341. The fourth-order valence-electron chi connectivity index (χ4n) is 1.52. The van der Waals surface area contributed by atoms with Gasteiger partial charge in [0.2, 0.25) is 0 Å². The fourth-order valence-corrected chi connectivity index (χ4v) is 2.95. The topological polar surface area (TPSA) is 30.0 Å². The maximum Gasteiger partial charge on any atom is 0.169 e. The molecule has 0 atom stereocenters. The molecular weight excluding hydrogens is 334 g/mol. The highest BCUT2D eigenvalue weighted by atomic mass is 79.9. The first-order valence-corrected chi connectivity index (χ1v) is 7.37. The summed E-state index contributed by atoms with van der Waals surface area (Å²) in [7, 11) is 0. The maximum absolute atomic E-state index is 12.1. The molecule has 2 nitrogen and oxygen atoms in total. The quantitative estimate of drug-likeness (QED) is 0.762. The van der Waals surface area contributed by atoms with Crippen LogP contribution in [0.5, 0.6) is 0 Å². The summed E-state index contributed by atoms with van der Waals surface area (Å²) in [6, 6.07) is 5.21. The molecule has 0 aliphatic carbocycles. The minimum Gasteiger partial charge on any atom is -0.294 e. The number of aromatic nitrogens is 1. The van der Waals surface area contributed by atoms with Crippen molar-refractivity contribution < 1.29 is 4.79 Å². The summed E-state index contributed by atoms with van der Waals surface area (Å²) in [6.45, 7) is 3.97. The Morgan fingerprint density at radius 1 is 1.44 bits per heavy atom. The number of Topliss-reactive ketones (excluding diaryl/α,β-unsaturated/α-hetero) is 1. The molecule has 1 aromatic carbocycles. The van der Waals surface area contributed by atoms with Crippen LogP contribution in [0.4, 0.5) is 0 Å². The van der Waals surface area contributed by atoms with Gasteiger partial charge in [-0.05, 0) is 48.0 Å². The molecule has 0 N–H and O–H groups in total. The van der Waals surface area contributed by atoms with Gasteiger partial charge in [0, 0.05) is 14.9 Å². The molecular formula is C13H11BrClNOS. The van der Waals surface area contributed by atoms with E-state index in [0.717, 1.165) is 20.1 Å². The number of thiazole rings is 1. The second-order valence-electron chi connectivity index (χ2n) is 3.98. The van der Waals surface area contributed by atoms with E-state index >= 15 is 0 Å². The average molecular weight is 345 g/mol. The third-order valence-electron chi connectivity index (χ3n) is 2.63. The van der Waals surface area contributed by atoms with E-state index in [0.29, 0.717) is 17.0 Å². The third kappa shape index (κ3) is 2.99. The fraction of sp³-hybridized carbons (Fsp3) is 0.231. The van der Waals surface area contributed by atoms with Crippen molar-refractivity contribution >= 4 is 44.7 Å². The summed E-state index contributed by atoms with van der Waals surface area (Å²) in [5.74, 6) is 0.0566. The Bertz CT molecular complexity index is 590. The lowest BCUT2D eigenvalue weighted by Gasteiger charge is -2.01. The normalized spacial score (nSPS) is 10.7. The minimum atomic E-state index is 0.0566. The van der Waals surface area contributed by atoms with Gasteiger partial charge < -0.3 is 0 Å². The van der Waals surface area contributed by atoms with Crippen molar-refractivity contribution in [2.24, 2.45) is 0 Å². The molecule has 18 heavy (non-hydrogen) atoms. The number of carbonyl (C=O) groups excluding carboxylic acids is 1. The Labute approximate surface area is 123 Å². The van der Waals surface area contributed by atoms with Crippen LogP contribution in [-0.4, -0.2) is 10.8 Å². The Hall–Kier alpha value is -0.710. The van der Waals surface area contributed by atoms with Gasteiger partial charge in [0.15, 0.2) is 5.78 Å². The second kappa shape index (κ2) is 5.51. The standard InChI is InChI=1S/C13H11BrClNOS/c1-7-8(2)18-13(16-7)6-12(17)9-3-4-11(15)10(14)5-9/h3-5H,6H2,1-2H3. The molecule has 1 heterocycles. The second-order valence-corrected chi connectivity index (χ2v) is 6.53. The molecule has 0 aliphatic rings. The van der Waals surface area contributed by atoms with Crippen molar-refractivity contribution in [3.63, 3.8) is 0 Å². The van der Waals surface area contributed by atoms with E-state index in [2.05, 4.69) is 20.9 Å². The van der Waals surface area contributed by atoms with Crippen LogP contribution in [0.15, 0.2) is 22.7 Å². The first-order chi connectivity index (χ1) is 8.47. The molecule has 5 heteroatoms.